The lowest BCUT2D eigenvalue weighted by Crippen LogP contribution is -2.49. The Bertz CT molecular complexity index is 933. The zero-order valence-electron chi connectivity index (χ0n) is 19.9. The summed E-state index contributed by atoms with van der Waals surface area (Å²) < 4.78 is 9.78. The van der Waals surface area contributed by atoms with Gasteiger partial charge in [-0.15, -0.1) is 15.3 Å². The first-order valence-corrected chi connectivity index (χ1v) is 13.3. The number of aromatic nitrogens is 4. The van der Waals surface area contributed by atoms with Crippen molar-refractivity contribution < 1.29 is 9.53 Å². The van der Waals surface area contributed by atoms with Gasteiger partial charge in [0.2, 0.25) is 0 Å². The van der Waals surface area contributed by atoms with Gasteiger partial charge < -0.3 is 19.4 Å². The number of hydrogen-bond donors (Lipinski definition) is 0. The van der Waals surface area contributed by atoms with Crippen LogP contribution in [0.15, 0.2) is 12.1 Å². The van der Waals surface area contributed by atoms with E-state index in [2.05, 4.69) is 53.5 Å². The van der Waals surface area contributed by atoms with E-state index in [1.807, 2.05) is 4.90 Å². The third kappa shape index (κ3) is 5.31. The Morgan fingerprint density at radius 3 is 2.26 bits per heavy atom. The van der Waals surface area contributed by atoms with Gasteiger partial charge in [0.25, 0.3) is 5.91 Å². The van der Waals surface area contributed by atoms with E-state index in [1.54, 1.807) is 0 Å². The summed E-state index contributed by atoms with van der Waals surface area (Å²) in [6.07, 6.45) is 4.56. The van der Waals surface area contributed by atoms with E-state index >= 15 is 0 Å². The zero-order valence-corrected chi connectivity index (χ0v) is 20.8. The van der Waals surface area contributed by atoms with E-state index in [9.17, 15) is 4.79 Å². The number of rotatable bonds is 7. The molecule has 3 aliphatic rings. The number of hydrogen-bond acceptors (Lipinski definition) is 10. The van der Waals surface area contributed by atoms with Crippen LogP contribution >= 0.6 is 11.5 Å². The molecule has 3 saturated heterocycles. The van der Waals surface area contributed by atoms with Crippen molar-refractivity contribution in [2.75, 3.05) is 75.3 Å². The second kappa shape index (κ2) is 10.9. The fourth-order valence-corrected chi connectivity index (χ4v) is 5.62. The summed E-state index contributed by atoms with van der Waals surface area (Å²) in [5.74, 6) is 1.87. The Morgan fingerprint density at radius 1 is 1.00 bits per heavy atom. The van der Waals surface area contributed by atoms with Crippen molar-refractivity contribution >= 4 is 29.1 Å². The van der Waals surface area contributed by atoms with Gasteiger partial charge in [-0.05, 0) is 42.9 Å². The van der Waals surface area contributed by atoms with Gasteiger partial charge in [0.1, 0.15) is 4.88 Å². The molecule has 1 unspecified atom stereocenters. The number of carbonyl (C=O) groups is 1. The average molecular weight is 487 g/mol. The molecular weight excluding hydrogens is 452 g/mol. The molecule has 5 heterocycles. The van der Waals surface area contributed by atoms with Gasteiger partial charge in [0, 0.05) is 65.5 Å². The molecule has 0 saturated carbocycles. The van der Waals surface area contributed by atoms with E-state index < -0.39 is 0 Å². The maximum absolute atomic E-state index is 12.9. The second-order valence-corrected chi connectivity index (χ2v) is 10.0. The minimum absolute atomic E-state index is 0.0539. The molecule has 0 bridgehead atoms. The van der Waals surface area contributed by atoms with Crippen molar-refractivity contribution in [2.24, 2.45) is 0 Å². The van der Waals surface area contributed by atoms with Crippen molar-refractivity contribution in [3.63, 3.8) is 0 Å². The molecule has 2 aromatic rings. The number of nitrogens with zero attached hydrogens (tertiary/aromatic N) is 8. The lowest BCUT2D eigenvalue weighted by atomic mass is 10.2. The maximum atomic E-state index is 12.9. The first-order valence-electron chi connectivity index (χ1n) is 12.5. The predicted molar refractivity (Wildman–Crippen MR) is 132 cm³/mol. The normalized spacial score (nSPS) is 21.9. The molecule has 0 spiro atoms. The SMILES string of the molecule is CCCc1nnsc1C(=O)N1CCN(c2ccc(N3CCN(CC4CCCO4)CC3)nn2)CC1. The second-order valence-electron chi connectivity index (χ2n) is 9.25. The summed E-state index contributed by atoms with van der Waals surface area (Å²) in [4.78, 5) is 22.6. The molecule has 1 amide bonds. The third-order valence-corrected chi connectivity index (χ3v) is 7.70. The van der Waals surface area contributed by atoms with Crippen LogP contribution in [0, 0.1) is 0 Å². The molecule has 184 valence electrons. The fraction of sp³-hybridized carbons (Fsp3) is 0.696. The van der Waals surface area contributed by atoms with E-state index in [-0.39, 0.29) is 5.91 Å². The maximum Gasteiger partial charge on any atom is 0.267 e. The molecule has 5 rings (SSSR count). The summed E-state index contributed by atoms with van der Waals surface area (Å²) >= 11 is 1.21. The molecule has 3 aliphatic heterocycles. The highest BCUT2D eigenvalue weighted by molar-refractivity contribution is 7.08. The Labute approximate surface area is 205 Å². The summed E-state index contributed by atoms with van der Waals surface area (Å²) in [5.41, 5.74) is 0.828. The number of amides is 1. The van der Waals surface area contributed by atoms with Crippen LogP contribution in [0.5, 0.6) is 0 Å². The van der Waals surface area contributed by atoms with Gasteiger partial charge in [-0.3, -0.25) is 9.69 Å². The van der Waals surface area contributed by atoms with Crippen LogP contribution in [0.4, 0.5) is 11.6 Å². The molecule has 2 aromatic heterocycles. The van der Waals surface area contributed by atoms with Crippen LogP contribution in [0.2, 0.25) is 0 Å². The van der Waals surface area contributed by atoms with Crippen molar-refractivity contribution in [2.45, 2.75) is 38.7 Å². The quantitative estimate of drug-likeness (QED) is 0.578. The number of ether oxygens (including phenoxy) is 1. The highest BCUT2D eigenvalue weighted by Gasteiger charge is 2.27. The van der Waals surface area contributed by atoms with Gasteiger partial charge in [-0.2, -0.15) is 0 Å². The molecule has 11 heteroatoms. The Hall–Kier alpha value is -2.37. The van der Waals surface area contributed by atoms with Crippen LogP contribution in [-0.4, -0.2) is 107 Å². The standard InChI is InChI=1S/C23H34N8O2S/c1-2-4-19-22(34-27-24-19)23(32)31-14-12-30(13-15-31)21-7-6-20(25-26-21)29-10-8-28(9-11-29)17-18-5-3-16-33-18/h6-7,18H,2-5,8-17H2,1H3. The molecule has 10 nitrogen and oxygen atoms in total. The summed E-state index contributed by atoms with van der Waals surface area (Å²) in [6, 6.07) is 4.14. The number of anilines is 2. The summed E-state index contributed by atoms with van der Waals surface area (Å²) in [6.45, 7) is 10.9. The van der Waals surface area contributed by atoms with Gasteiger partial charge >= 0.3 is 0 Å². The van der Waals surface area contributed by atoms with Crippen LogP contribution < -0.4 is 9.80 Å². The molecule has 34 heavy (non-hydrogen) atoms. The van der Waals surface area contributed by atoms with Crippen molar-refractivity contribution in [1.29, 1.82) is 0 Å². The van der Waals surface area contributed by atoms with Crippen molar-refractivity contribution in [3.05, 3.63) is 22.7 Å². The Balaban J connectivity index is 1.10. The van der Waals surface area contributed by atoms with E-state index in [1.165, 1.54) is 24.4 Å². The number of carbonyl (C=O) groups excluding carboxylic acids is 1. The molecule has 0 aromatic carbocycles. The largest absolute Gasteiger partial charge is 0.377 e. The third-order valence-electron chi connectivity index (χ3n) is 6.95. The predicted octanol–water partition coefficient (Wildman–Crippen LogP) is 1.54. The van der Waals surface area contributed by atoms with Crippen LogP contribution in [0.3, 0.4) is 0 Å². The zero-order chi connectivity index (χ0) is 23.3. The Morgan fingerprint density at radius 2 is 1.68 bits per heavy atom. The van der Waals surface area contributed by atoms with Crippen molar-refractivity contribution in [3.8, 4) is 0 Å². The van der Waals surface area contributed by atoms with Crippen LogP contribution in [0.25, 0.3) is 0 Å². The molecule has 0 N–H and O–H groups in total. The highest BCUT2D eigenvalue weighted by Crippen LogP contribution is 2.21. The van der Waals surface area contributed by atoms with Crippen LogP contribution in [0.1, 0.15) is 41.6 Å². The number of aryl methyl sites for hydroxylation is 1. The molecule has 1 atom stereocenters. The summed E-state index contributed by atoms with van der Waals surface area (Å²) in [5, 5.41) is 13.2. The number of piperazine rings is 2. The van der Waals surface area contributed by atoms with Gasteiger partial charge in [0.05, 0.1) is 11.8 Å². The smallest absolute Gasteiger partial charge is 0.267 e. The monoisotopic (exact) mass is 486 g/mol. The first kappa shape index (κ1) is 23.4. The lowest BCUT2D eigenvalue weighted by molar-refractivity contribution is 0.0712. The summed E-state index contributed by atoms with van der Waals surface area (Å²) in [7, 11) is 0. The average Bonchev–Trinajstić information content (AvgIpc) is 3.57. The Kier molecular flexibility index (Phi) is 7.51. The van der Waals surface area contributed by atoms with Gasteiger partial charge in [-0.25, -0.2) is 0 Å². The topological polar surface area (TPSA) is 90.8 Å². The molecular formula is C23H34N8O2S. The van der Waals surface area contributed by atoms with Gasteiger partial charge in [-0.1, -0.05) is 17.8 Å². The van der Waals surface area contributed by atoms with E-state index in [0.717, 1.165) is 82.6 Å². The molecule has 3 fully saturated rings. The molecule has 0 aliphatic carbocycles. The van der Waals surface area contributed by atoms with Gasteiger partial charge in [0.15, 0.2) is 11.6 Å². The minimum atomic E-state index is 0.0539. The highest BCUT2D eigenvalue weighted by atomic mass is 32.1. The molecule has 0 radical (unpaired) electrons. The minimum Gasteiger partial charge on any atom is -0.377 e. The first-order chi connectivity index (χ1) is 16.7. The van der Waals surface area contributed by atoms with Crippen LogP contribution in [-0.2, 0) is 11.2 Å². The van der Waals surface area contributed by atoms with E-state index in [0.29, 0.717) is 24.1 Å². The van der Waals surface area contributed by atoms with E-state index in [4.69, 9.17) is 4.74 Å². The van der Waals surface area contributed by atoms with Crippen molar-refractivity contribution in [1.82, 2.24) is 29.6 Å². The fourth-order valence-electron chi connectivity index (χ4n) is 4.95. The lowest BCUT2D eigenvalue weighted by Gasteiger charge is -2.37.